The van der Waals surface area contributed by atoms with Crippen LogP contribution in [0.15, 0.2) is 36.4 Å². The van der Waals surface area contributed by atoms with E-state index in [1.165, 1.54) is 18.2 Å². The van der Waals surface area contributed by atoms with Gasteiger partial charge >= 0.3 is 35.2 Å². The average molecular weight is 429 g/mol. The number of para-hydroxylation sites is 1. The normalized spacial score (nSPS) is 10.6. The number of carboxylic acid groups (broad SMARTS) is 1. The second-order valence-electron chi connectivity index (χ2n) is 5.79. The Hall–Kier alpha value is -3.09. The van der Waals surface area contributed by atoms with E-state index < -0.39 is 43.4 Å². The molecule has 0 fully saturated rings. The van der Waals surface area contributed by atoms with Gasteiger partial charge in [-0.05, 0) is 18.4 Å². The number of nitro groups is 3. The van der Waals surface area contributed by atoms with Crippen LogP contribution in [0.2, 0.25) is 0 Å². The van der Waals surface area contributed by atoms with Gasteiger partial charge in [-0.15, -0.1) is 0 Å². The summed E-state index contributed by atoms with van der Waals surface area (Å²) >= 11 is 0. The standard InChI is InChI=1S/C10H12N2O5.C7H5NO4.Na/c1-3-6(2)8-4-7(11(14)15)5-9(10(8)13)12(16)17;9-7(10)5-3-1-2-4-6(5)8(11)12;/h4-6,13H,3H2,1-2H3;1-4H,(H,9,10);/q;;+1/p-1. The van der Waals surface area contributed by atoms with Crippen molar-refractivity contribution in [3.8, 4) is 5.75 Å². The molecular weight excluding hydrogens is 413 g/mol. The summed E-state index contributed by atoms with van der Waals surface area (Å²) in [5.41, 5.74) is -1.63. The number of hydrogen-bond donors (Lipinski definition) is 1. The minimum atomic E-state index is -1.54. The molecule has 0 heterocycles. The van der Waals surface area contributed by atoms with Crippen LogP contribution in [-0.2, 0) is 0 Å². The van der Waals surface area contributed by atoms with Crippen molar-refractivity contribution >= 4 is 23.0 Å². The summed E-state index contributed by atoms with van der Waals surface area (Å²) < 4.78 is 0. The Kier molecular flexibility index (Phi) is 10.6. The topological polar surface area (TPSA) is 190 Å². The van der Waals surface area contributed by atoms with Gasteiger partial charge in [0.05, 0.1) is 32.4 Å². The van der Waals surface area contributed by atoms with E-state index in [0.29, 0.717) is 6.42 Å². The molecule has 2 aromatic rings. The number of nitro benzene ring substituents is 3. The smallest absolute Gasteiger partial charge is 0.545 e. The Labute approximate surface area is 191 Å². The molecule has 0 aliphatic rings. The summed E-state index contributed by atoms with van der Waals surface area (Å²) in [5.74, 6) is -2.22. The first-order valence-corrected chi connectivity index (χ1v) is 8.11. The van der Waals surface area contributed by atoms with Crippen LogP contribution in [0.1, 0.15) is 42.1 Å². The molecule has 0 bridgehead atoms. The van der Waals surface area contributed by atoms with Gasteiger partial charge in [0.15, 0.2) is 5.75 Å². The fourth-order valence-corrected chi connectivity index (χ4v) is 2.27. The van der Waals surface area contributed by atoms with Gasteiger partial charge in [0.1, 0.15) is 0 Å². The van der Waals surface area contributed by atoms with Gasteiger partial charge in [-0.3, -0.25) is 30.3 Å². The first-order valence-electron chi connectivity index (χ1n) is 8.11. The van der Waals surface area contributed by atoms with Crippen LogP contribution in [0, 0.1) is 30.3 Å². The Balaban J connectivity index is 0.000000573. The number of carboxylic acids is 1. The summed E-state index contributed by atoms with van der Waals surface area (Å²) in [6.07, 6.45) is 0.617. The first kappa shape index (κ1) is 26.9. The zero-order valence-corrected chi connectivity index (χ0v) is 18.3. The number of nitrogens with zero attached hydrogens (tertiary/aromatic N) is 3. The zero-order valence-electron chi connectivity index (χ0n) is 16.3. The quantitative estimate of drug-likeness (QED) is 0.364. The summed E-state index contributed by atoms with van der Waals surface area (Å²) in [5, 5.41) is 51.6. The molecule has 0 saturated heterocycles. The van der Waals surface area contributed by atoms with Crippen molar-refractivity contribution in [2.75, 3.05) is 0 Å². The third-order valence-electron chi connectivity index (χ3n) is 3.98. The van der Waals surface area contributed by atoms with Crippen molar-refractivity contribution < 1.29 is 59.3 Å². The predicted molar refractivity (Wildman–Crippen MR) is 97.5 cm³/mol. The second-order valence-corrected chi connectivity index (χ2v) is 5.79. The molecule has 0 spiro atoms. The molecule has 2 aromatic carbocycles. The van der Waals surface area contributed by atoms with Crippen LogP contribution in [-0.4, -0.2) is 25.8 Å². The number of non-ortho nitro benzene ring substituents is 1. The number of phenols is 1. The summed E-state index contributed by atoms with van der Waals surface area (Å²) in [6, 6.07) is 6.99. The molecule has 1 unspecified atom stereocenters. The third kappa shape index (κ3) is 6.76. The number of phenolic OH excluding ortho intramolecular Hbond substituents is 1. The van der Waals surface area contributed by atoms with Crippen molar-refractivity contribution in [2.24, 2.45) is 0 Å². The van der Waals surface area contributed by atoms with Gasteiger partial charge in [-0.1, -0.05) is 26.0 Å². The number of hydrogen-bond acceptors (Lipinski definition) is 9. The number of carbonyl (C=O) groups is 1. The van der Waals surface area contributed by atoms with Gasteiger partial charge < -0.3 is 15.0 Å². The Morgan fingerprint density at radius 3 is 1.93 bits per heavy atom. The molecule has 13 heteroatoms. The Morgan fingerprint density at radius 1 is 1.00 bits per heavy atom. The molecule has 0 amide bonds. The number of aromatic carboxylic acids is 1. The van der Waals surface area contributed by atoms with Crippen LogP contribution in [0.25, 0.3) is 0 Å². The molecule has 154 valence electrons. The van der Waals surface area contributed by atoms with Crippen LogP contribution in [0.4, 0.5) is 17.1 Å². The third-order valence-corrected chi connectivity index (χ3v) is 3.98. The summed E-state index contributed by atoms with van der Waals surface area (Å²) in [7, 11) is 0. The number of rotatable bonds is 6. The minimum Gasteiger partial charge on any atom is -0.545 e. The predicted octanol–water partition coefficient (Wildman–Crippen LogP) is -0.316. The van der Waals surface area contributed by atoms with E-state index in [9.17, 15) is 45.4 Å². The maximum atomic E-state index is 10.7. The van der Waals surface area contributed by atoms with Gasteiger partial charge in [-0.25, -0.2) is 0 Å². The SMILES string of the molecule is CCC(C)c1cc([N+](=O)[O-])cc([N+](=O)[O-])c1O.O=C([O-])c1ccccc1[N+](=O)[O-].[Na+]. The van der Waals surface area contributed by atoms with E-state index in [2.05, 4.69) is 0 Å². The molecular formula is C17H16N3NaO9. The van der Waals surface area contributed by atoms with Gasteiger partial charge in [0.25, 0.3) is 11.4 Å². The van der Waals surface area contributed by atoms with Crippen molar-refractivity contribution in [1.29, 1.82) is 0 Å². The average Bonchev–Trinajstić information content (AvgIpc) is 2.67. The Bertz CT molecular complexity index is 932. The minimum absolute atomic E-state index is 0. The van der Waals surface area contributed by atoms with Crippen molar-refractivity contribution in [2.45, 2.75) is 26.2 Å². The fourth-order valence-electron chi connectivity index (χ4n) is 2.27. The van der Waals surface area contributed by atoms with E-state index in [4.69, 9.17) is 0 Å². The van der Waals surface area contributed by atoms with E-state index in [1.54, 1.807) is 6.92 Å². The largest absolute Gasteiger partial charge is 1.00 e. The van der Waals surface area contributed by atoms with E-state index >= 15 is 0 Å². The van der Waals surface area contributed by atoms with Crippen LogP contribution in [0.5, 0.6) is 5.75 Å². The number of carbonyl (C=O) groups excluding carboxylic acids is 1. The molecule has 1 N–H and O–H groups in total. The fraction of sp³-hybridized carbons (Fsp3) is 0.235. The van der Waals surface area contributed by atoms with Crippen molar-refractivity contribution in [3.05, 3.63) is 77.9 Å². The molecule has 2 rings (SSSR count). The second kappa shape index (κ2) is 11.8. The van der Waals surface area contributed by atoms with E-state index in [-0.39, 0.29) is 46.7 Å². The summed E-state index contributed by atoms with van der Waals surface area (Å²) in [6.45, 7) is 3.57. The van der Waals surface area contributed by atoms with Crippen molar-refractivity contribution in [1.82, 2.24) is 0 Å². The molecule has 0 saturated carbocycles. The maximum Gasteiger partial charge on any atom is 1.00 e. The maximum absolute atomic E-state index is 10.7. The molecule has 0 radical (unpaired) electrons. The van der Waals surface area contributed by atoms with Crippen LogP contribution < -0.4 is 34.7 Å². The zero-order chi connectivity index (χ0) is 22.3. The molecule has 30 heavy (non-hydrogen) atoms. The van der Waals surface area contributed by atoms with E-state index in [0.717, 1.165) is 18.2 Å². The van der Waals surface area contributed by atoms with Crippen molar-refractivity contribution in [3.63, 3.8) is 0 Å². The number of aromatic hydroxyl groups is 1. The number of benzene rings is 2. The van der Waals surface area contributed by atoms with Gasteiger partial charge in [-0.2, -0.15) is 0 Å². The van der Waals surface area contributed by atoms with Crippen LogP contribution in [0.3, 0.4) is 0 Å². The monoisotopic (exact) mass is 429 g/mol. The molecule has 1 atom stereocenters. The van der Waals surface area contributed by atoms with Gasteiger partial charge in [0, 0.05) is 17.7 Å². The molecule has 12 nitrogen and oxygen atoms in total. The molecule has 0 aliphatic carbocycles. The van der Waals surface area contributed by atoms with Gasteiger partial charge in [0.2, 0.25) is 0 Å². The molecule has 0 aliphatic heterocycles. The Morgan fingerprint density at radius 2 is 1.53 bits per heavy atom. The van der Waals surface area contributed by atoms with Crippen LogP contribution >= 0.6 is 0 Å². The van der Waals surface area contributed by atoms with E-state index in [1.807, 2.05) is 6.92 Å². The summed E-state index contributed by atoms with van der Waals surface area (Å²) in [4.78, 5) is 39.6. The molecule has 0 aromatic heterocycles. The first-order chi connectivity index (χ1) is 13.5.